The molecule has 1 atom stereocenters. The number of hydrogen-bond acceptors (Lipinski definition) is 3. The molecule has 0 saturated heterocycles. The van der Waals surface area contributed by atoms with Crippen LogP contribution in [0.15, 0.2) is 24.3 Å². The number of amides is 2. The number of thiocarbonyl (C=S) groups is 1. The first-order chi connectivity index (χ1) is 9.81. The summed E-state index contributed by atoms with van der Waals surface area (Å²) in [4.78, 5) is 24.1. The number of nitrogens with one attached hydrogen (secondary N) is 2. The summed E-state index contributed by atoms with van der Waals surface area (Å²) >= 11 is 4.85. The van der Waals surface area contributed by atoms with Crippen molar-refractivity contribution in [1.82, 2.24) is 10.6 Å². The molecule has 5 nitrogen and oxygen atoms in total. The summed E-state index contributed by atoms with van der Waals surface area (Å²) < 4.78 is 0. The summed E-state index contributed by atoms with van der Waals surface area (Å²) in [7, 11) is 0. The third-order valence-corrected chi connectivity index (χ3v) is 3.09. The van der Waals surface area contributed by atoms with Crippen molar-refractivity contribution in [2.24, 2.45) is 11.7 Å². The Hall–Kier alpha value is -1.95. The largest absolute Gasteiger partial charge is 0.389 e. The van der Waals surface area contributed by atoms with Gasteiger partial charge in [-0.05, 0) is 25.0 Å². The zero-order valence-corrected chi connectivity index (χ0v) is 13.3. The fourth-order valence-corrected chi connectivity index (χ4v) is 1.73. The van der Waals surface area contributed by atoms with Crippen molar-refractivity contribution in [2.45, 2.75) is 26.8 Å². The van der Waals surface area contributed by atoms with Crippen molar-refractivity contribution in [3.63, 3.8) is 0 Å². The van der Waals surface area contributed by atoms with Gasteiger partial charge in [-0.1, -0.05) is 38.2 Å². The minimum atomic E-state index is -0.591. The Morgan fingerprint density at radius 3 is 2.14 bits per heavy atom. The topological polar surface area (TPSA) is 84.2 Å². The van der Waals surface area contributed by atoms with E-state index in [1.165, 1.54) is 0 Å². The molecule has 114 valence electrons. The predicted octanol–water partition coefficient (Wildman–Crippen LogP) is 1.21. The molecule has 0 saturated carbocycles. The molecule has 0 aliphatic heterocycles. The molecule has 1 aromatic rings. The van der Waals surface area contributed by atoms with E-state index < -0.39 is 6.04 Å². The normalized spacial score (nSPS) is 11.8. The lowest BCUT2D eigenvalue weighted by Gasteiger charge is -2.15. The maximum atomic E-state index is 12.0. The Balaban J connectivity index is 2.59. The van der Waals surface area contributed by atoms with Crippen LogP contribution in [0.4, 0.5) is 0 Å². The van der Waals surface area contributed by atoms with E-state index in [0.29, 0.717) is 23.6 Å². The molecule has 0 bridgehead atoms. The second kappa shape index (κ2) is 7.73. The molecule has 0 aliphatic carbocycles. The van der Waals surface area contributed by atoms with Crippen LogP contribution in [0.3, 0.4) is 0 Å². The van der Waals surface area contributed by atoms with Crippen LogP contribution in [0.1, 0.15) is 36.7 Å². The highest BCUT2D eigenvalue weighted by Gasteiger charge is 2.16. The molecule has 0 aliphatic rings. The standard InChI is InChI=1S/C15H21N3O2S/c1-9(2)8-17-14(19)10(3)18-15(20)12-6-4-11(5-7-12)13(16)21/h4-7,9-10H,8H2,1-3H3,(H2,16,21)(H,17,19)(H,18,20). The number of benzene rings is 1. The number of rotatable bonds is 6. The van der Waals surface area contributed by atoms with Crippen LogP contribution in [-0.4, -0.2) is 29.4 Å². The summed E-state index contributed by atoms with van der Waals surface area (Å²) in [5.74, 6) is -0.141. The van der Waals surface area contributed by atoms with E-state index in [-0.39, 0.29) is 16.8 Å². The van der Waals surface area contributed by atoms with E-state index in [9.17, 15) is 9.59 Å². The minimum Gasteiger partial charge on any atom is -0.389 e. The lowest BCUT2D eigenvalue weighted by atomic mass is 10.1. The molecule has 21 heavy (non-hydrogen) atoms. The molecular formula is C15H21N3O2S. The Morgan fingerprint density at radius 1 is 1.14 bits per heavy atom. The highest BCUT2D eigenvalue weighted by molar-refractivity contribution is 7.80. The van der Waals surface area contributed by atoms with Crippen molar-refractivity contribution in [1.29, 1.82) is 0 Å². The van der Waals surface area contributed by atoms with Crippen molar-refractivity contribution in [3.05, 3.63) is 35.4 Å². The maximum Gasteiger partial charge on any atom is 0.251 e. The van der Waals surface area contributed by atoms with Gasteiger partial charge in [0, 0.05) is 17.7 Å². The van der Waals surface area contributed by atoms with Crippen LogP contribution in [-0.2, 0) is 4.79 Å². The number of hydrogen-bond donors (Lipinski definition) is 3. The van der Waals surface area contributed by atoms with E-state index in [1.807, 2.05) is 13.8 Å². The van der Waals surface area contributed by atoms with Gasteiger partial charge in [-0.2, -0.15) is 0 Å². The molecule has 0 aromatic heterocycles. The highest BCUT2D eigenvalue weighted by Crippen LogP contribution is 2.05. The average Bonchev–Trinajstić information content (AvgIpc) is 2.44. The van der Waals surface area contributed by atoms with Gasteiger partial charge in [-0.25, -0.2) is 0 Å². The summed E-state index contributed by atoms with van der Waals surface area (Å²) in [5.41, 5.74) is 6.65. The van der Waals surface area contributed by atoms with Gasteiger partial charge < -0.3 is 16.4 Å². The van der Waals surface area contributed by atoms with E-state index >= 15 is 0 Å². The molecule has 2 amide bonds. The van der Waals surface area contributed by atoms with E-state index in [1.54, 1.807) is 31.2 Å². The van der Waals surface area contributed by atoms with E-state index in [2.05, 4.69) is 10.6 Å². The monoisotopic (exact) mass is 307 g/mol. The minimum absolute atomic E-state index is 0.197. The molecule has 1 rings (SSSR count). The fraction of sp³-hybridized carbons (Fsp3) is 0.400. The zero-order valence-electron chi connectivity index (χ0n) is 12.5. The molecule has 0 fully saturated rings. The molecular weight excluding hydrogens is 286 g/mol. The smallest absolute Gasteiger partial charge is 0.251 e. The summed E-state index contributed by atoms with van der Waals surface area (Å²) in [6.45, 7) is 6.25. The Labute approximate surface area is 130 Å². The first-order valence-electron chi connectivity index (χ1n) is 6.79. The van der Waals surface area contributed by atoms with E-state index in [4.69, 9.17) is 18.0 Å². The summed E-state index contributed by atoms with van der Waals surface area (Å²) in [5, 5.41) is 5.43. The number of carbonyl (C=O) groups is 2. The maximum absolute atomic E-state index is 12.0. The van der Waals surface area contributed by atoms with Gasteiger partial charge in [-0.3, -0.25) is 9.59 Å². The lowest BCUT2D eigenvalue weighted by molar-refractivity contribution is -0.122. The van der Waals surface area contributed by atoms with Crippen LogP contribution in [0.5, 0.6) is 0 Å². The van der Waals surface area contributed by atoms with Gasteiger partial charge in [0.15, 0.2) is 0 Å². The summed E-state index contributed by atoms with van der Waals surface area (Å²) in [6, 6.07) is 6.03. The molecule has 1 aromatic carbocycles. The summed E-state index contributed by atoms with van der Waals surface area (Å²) in [6.07, 6.45) is 0. The molecule has 4 N–H and O–H groups in total. The van der Waals surface area contributed by atoms with E-state index in [0.717, 1.165) is 0 Å². The molecule has 1 unspecified atom stereocenters. The fourth-order valence-electron chi connectivity index (χ4n) is 1.59. The lowest BCUT2D eigenvalue weighted by Crippen LogP contribution is -2.45. The van der Waals surface area contributed by atoms with Crippen molar-refractivity contribution < 1.29 is 9.59 Å². The van der Waals surface area contributed by atoms with Crippen LogP contribution in [0.25, 0.3) is 0 Å². The average molecular weight is 307 g/mol. The second-order valence-electron chi connectivity index (χ2n) is 5.28. The molecule has 0 spiro atoms. The van der Waals surface area contributed by atoms with Gasteiger partial charge in [0.05, 0.1) is 0 Å². The van der Waals surface area contributed by atoms with Gasteiger partial charge in [0.1, 0.15) is 11.0 Å². The molecule has 6 heteroatoms. The second-order valence-corrected chi connectivity index (χ2v) is 5.72. The SMILES string of the molecule is CC(C)CNC(=O)C(C)NC(=O)c1ccc(C(N)=S)cc1. The van der Waals surface area contributed by atoms with Gasteiger partial charge >= 0.3 is 0 Å². The van der Waals surface area contributed by atoms with Gasteiger partial charge in [0.25, 0.3) is 5.91 Å². The number of carbonyl (C=O) groups excluding carboxylic acids is 2. The van der Waals surface area contributed by atoms with Crippen molar-refractivity contribution >= 4 is 29.0 Å². The first kappa shape index (κ1) is 17.1. The molecule has 0 heterocycles. The third kappa shape index (κ3) is 5.51. The highest BCUT2D eigenvalue weighted by atomic mass is 32.1. The van der Waals surface area contributed by atoms with Crippen molar-refractivity contribution in [3.8, 4) is 0 Å². The quantitative estimate of drug-likeness (QED) is 0.690. The van der Waals surface area contributed by atoms with Crippen LogP contribution < -0.4 is 16.4 Å². The predicted molar refractivity (Wildman–Crippen MR) is 87.1 cm³/mol. The number of nitrogens with two attached hydrogens (primary N) is 1. The van der Waals surface area contributed by atoms with Crippen LogP contribution in [0.2, 0.25) is 0 Å². The Bertz CT molecular complexity index is 526. The van der Waals surface area contributed by atoms with Gasteiger partial charge in [-0.15, -0.1) is 0 Å². The Kier molecular flexibility index (Phi) is 6.30. The third-order valence-electron chi connectivity index (χ3n) is 2.86. The molecule has 0 radical (unpaired) electrons. The zero-order chi connectivity index (χ0) is 16.0. The first-order valence-corrected chi connectivity index (χ1v) is 7.20. The van der Waals surface area contributed by atoms with Gasteiger partial charge in [0.2, 0.25) is 5.91 Å². The van der Waals surface area contributed by atoms with Crippen molar-refractivity contribution in [2.75, 3.05) is 6.54 Å². The van der Waals surface area contributed by atoms with Crippen LogP contribution >= 0.6 is 12.2 Å². The Morgan fingerprint density at radius 2 is 1.67 bits per heavy atom. The van der Waals surface area contributed by atoms with Crippen LogP contribution in [0, 0.1) is 5.92 Å².